The van der Waals surface area contributed by atoms with E-state index in [0.29, 0.717) is 22.6 Å². The maximum Gasteiger partial charge on any atom is 0.244 e. The van der Waals surface area contributed by atoms with Gasteiger partial charge in [-0.2, -0.15) is 0 Å². The Labute approximate surface area is 233 Å². The summed E-state index contributed by atoms with van der Waals surface area (Å²) in [4.78, 5) is 63.4. The third-order valence-corrected chi connectivity index (χ3v) is 6.75. The predicted molar refractivity (Wildman–Crippen MR) is 148 cm³/mol. The van der Waals surface area contributed by atoms with Crippen molar-refractivity contribution in [2.24, 2.45) is 17.8 Å². The minimum absolute atomic E-state index is 0.154. The lowest BCUT2D eigenvalue weighted by Crippen LogP contribution is -2.49. The van der Waals surface area contributed by atoms with Gasteiger partial charge in [0.25, 0.3) is 0 Å². The number of hydrogen-bond donors (Lipinski definition) is 3. The molecule has 212 valence electrons. The Kier molecular flexibility index (Phi) is 10.2. The molecule has 1 aliphatic rings. The van der Waals surface area contributed by atoms with Crippen LogP contribution in [0.15, 0.2) is 54.6 Å². The Morgan fingerprint density at radius 2 is 1.57 bits per heavy atom. The lowest BCUT2D eigenvalue weighted by atomic mass is 9.85. The molecule has 3 rings (SSSR count). The van der Waals surface area contributed by atoms with Gasteiger partial charge >= 0.3 is 0 Å². The van der Waals surface area contributed by atoms with Crippen molar-refractivity contribution in [1.29, 1.82) is 0 Å². The number of Topliss-reactive ketones (excluding diaryl/α,β-unsaturated/α-hetero) is 1. The molecule has 10 heteroatoms. The predicted octanol–water partition coefficient (Wildman–Crippen LogP) is 2.58. The number of carbonyl (C=O) groups is 5. The van der Waals surface area contributed by atoms with Crippen LogP contribution in [-0.2, 0) is 24.0 Å². The Morgan fingerprint density at radius 3 is 2.10 bits per heavy atom. The molecule has 4 atom stereocenters. The maximum absolute atomic E-state index is 13.2. The summed E-state index contributed by atoms with van der Waals surface area (Å²) in [5, 5.41) is 7.76. The van der Waals surface area contributed by atoms with E-state index in [9.17, 15) is 24.0 Å². The van der Waals surface area contributed by atoms with Gasteiger partial charge < -0.3 is 20.1 Å². The summed E-state index contributed by atoms with van der Waals surface area (Å²) in [6.07, 6.45) is 2.79. The molecule has 3 N–H and O–H groups in total. The van der Waals surface area contributed by atoms with Crippen molar-refractivity contribution in [3.63, 3.8) is 0 Å². The average molecular weight is 550 g/mol. The molecule has 10 nitrogen and oxygen atoms in total. The number of ketones is 1. The SMILES string of the molecule is COc1cc(/C=C/C(=O)N[C@H](CC(=O)N[C@@H](C(=O)[C@@H]2C(=O)NC(=O)[C@H]2C)C(C)C)c2ccccc2)cc(OC)c1. The van der Waals surface area contributed by atoms with Crippen molar-refractivity contribution in [2.45, 2.75) is 39.3 Å². The van der Waals surface area contributed by atoms with Gasteiger partial charge in [0.05, 0.1) is 38.6 Å². The van der Waals surface area contributed by atoms with Gasteiger partial charge in [0.15, 0.2) is 5.78 Å². The van der Waals surface area contributed by atoms with Crippen LogP contribution in [0.5, 0.6) is 11.5 Å². The van der Waals surface area contributed by atoms with Crippen molar-refractivity contribution in [3.8, 4) is 11.5 Å². The molecule has 0 spiro atoms. The maximum atomic E-state index is 13.2. The first-order valence-corrected chi connectivity index (χ1v) is 13.0. The highest BCUT2D eigenvalue weighted by molar-refractivity contribution is 6.16. The van der Waals surface area contributed by atoms with Gasteiger partial charge in [-0.25, -0.2) is 0 Å². The van der Waals surface area contributed by atoms with Crippen LogP contribution in [0.4, 0.5) is 0 Å². The molecule has 0 aliphatic carbocycles. The molecular formula is C30H35N3O7. The van der Waals surface area contributed by atoms with Gasteiger partial charge in [-0.1, -0.05) is 51.1 Å². The Balaban J connectivity index is 1.74. The fourth-order valence-electron chi connectivity index (χ4n) is 4.50. The molecule has 1 fully saturated rings. The summed E-state index contributed by atoms with van der Waals surface area (Å²) >= 11 is 0. The molecule has 40 heavy (non-hydrogen) atoms. The van der Waals surface area contributed by atoms with Gasteiger partial charge in [-0.05, 0) is 35.3 Å². The van der Waals surface area contributed by atoms with Crippen LogP contribution in [-0.4, -0.2) is 49.7 Å². The van der Waals surface area contributed by atoms with Gasteiger partial charge in [0.2, 0.25) is 23.6 Å². The molecule has 0 unspecified atom stereocenters. The van der Waals surface area contributed by atoms with Crippen molar-refractivity contribution in [3.05, 3.63) is 65.7 Å². The molecule has 1 aliphatic heterocycles. The van der Waals surface area contributed by atoms with E-state index in [1.807, 2.05) is 6.07 Å². The minimum Gasteiger partial charge on any atom is -0.497 e. The number of carbonyl (C=O) groups excluding carboxylic acids is 5. The second kappa shape index (κ2) is 13.5. The zero-order chi connectivity index (χ0) is 29.4. The highest BCUT2D eigenvalue weighted by atomic mass is 16.5. The largest absolute Gasteiger partial charge is 0.497 e. The number of benzene rings is 2. The van der Waals surface area contributed by atoms with E-state index in [1.54, 1.807) is 62.4 Å². The molecule has 4 amide bonds. The zero-order valence-electron chi connectivity index (χ0n) is 23.2. The van der Waals surface area contributed by atoms with Crippen LogP contribution in [0.25, 0.3) is 6.08 Å². The molecule has 1 saturated heterocycles. The minimum atomic E-state index is -1.16. The number of ether oxygens (including phenoxy) is 2. The second-order valence-electron chi connectivity index (χ2n) is 9.97. The van der Waals surface area contributed by atoms with E-state index < -0.39 is 53.3 Å². The van der Waals surface area contributed by atoms with Crippen molar-refractivity contribution in [2.75, 3.05) is 14.2 Å². The van der Waals surface area contributed by atoms with Crippen LogP contribution in [0.3, 0.4) is 0 Å². The fraction of sp³-hybridized carbons (Fsp3) is 0.367. The molecular weight excluding hydrogens is 514 g/mol. The Hall–Kier alpha value is -4.47. The quantitative estimate of drug-likeness (QED) is 0.210. The van der Waals surface area contributed by atoms with Gasteiger partial charge in [-0.15, -0.1) is 0 Å². The molecule has 0 radical (unpaired) electrons. The van der Waals surface area contributed by atoms with Crippen molar-refractivity contribution in [1.82, 2.24) is 16.0 Å². The van der Waals surface area contributed by atoms with Crippen molar-refractivity contribution >= 4 is 35.5 Å². The summed E-state index contributed by atoms with van der Waals surface area (Å²) in [5.41, 5.74) is 1.38. The highest BCUT2D eigenvalue weighted by Gasteiger charge is 2.46. The topological polar surface area (TPSA) is 140 Å². The standard InChI is InChI=1S/C30H35N3O7/c1-17(2)27(28(36)26-18(3)29(37)33-30(26)38)32-25(35)16-23(20-9-7-6-8-10-20)31-24(34)12-11-19-13-21(39-4)15-22(14-19)40-5/h6-15,17-18,23,26-27H,16H2,1-5H3,(H,31,34)(H,32,35)(H,33,37,38)/b12-11+/t18-,23+,26+,27+/m0/s1. The van der Waals surface area contributed by atoms with Crippen LogP contribution in [0.1, 0.15) is 44.4 Å². The number of imide groups is 1. The average Bonchev–Trinajstić information content (AvgIpc) is 3.20. The summed E-state index contributed by atoms with van der Waals surface area (Å²) < 4.78 is 10.5. The fourth-order valence-corrected chi connectivity index (χ4v) is 4.50. The normalized spacial score (nSPS) is 18.2. The second-order valence-corrected chi connectivity index (χ2v) is 9.97. The highest BCUT2D eigenvalue weighted by Crippen LogP contribution is 2.25. The number of methoxy groups -OCH3 is 2. The first-order chi connectivity index (χ1) is 19.0. The van der Waals surface area contributed by atoms with Crippen LogP contribution >= 0.6 is 0 Å². The Bertz CT molecular complexity index is 1270. The van der Waals surface area contributed by atoms with E-state index in [4.69, 9.17) is 9.47 Å². The van der Waals surface area contributed by atoms with Crippen LogP contribution in [0, 0.1) is 17.8 Å². The number of hydrogen-bond acceptors (Lipinski definition) is 7. The number of rotatable bonds is 12. The zero-order valence-corrected chi connectivity index (χ0v) is 23.2. The van der Waals surface area contributed by atoms with Gasteiger partial charge in [0.1, 0.15) is 17.4 Å². The number of amides is 4. The van der Waals surface area contributed by atoms with E-state index in [1.165, 1.54) is 27.2 Å². The third-order valence-electron chi connectivity index (χ3n) is 6.75. The first kappa shape index (κ1) is 30.1. The van der Waals surface area contributed by atoms with E-state index >= 15 is 0 Å². The summed E-state index contributed by atoms with van der Waals surface area (Å²) in [6, 6.07) is 12.5. The number of nitrogens with one attached hydrogen (secondary N) is 3. The summed E-state index contributed by atoms with van der Waals surface area (Å²) in [6.45, 7) is 5.01. The van der Waals surface area contributed by atoms with E-state index in [0.717, 1.165) is 0 Å². The molecule has 2 aromatic carbocycles. The van der Waals surface area contributed by atoms with E-state index in [2.05, 4.69) is 16.0 Å². The molecule has 1 heterocycles. The molecule has 2 aromatic rings. The lowest BCUT2D eigenvalue weighted by Gasteiger charge is -2.25. The summed E-state index contributed by atoms with van der Waals surface area (Å²) in [5.74, 6) is -3.77. The first-order valence-electron chi connectivity index (χ1n) is 13.0. The monoisotopic (exact) mass is 549 g/mol. The third kappa shape index (κ3) is 7.56. The Morgan fingerprint density at radius 1 is 0.950 bits per heavy atom. The van der Waals surface area contributed by atoms with E-state index in [-0.39, 0.29) is 12.3 Å². The van der Waals surface area contributed by atoms with Gasteiger partial charge in [0, 0.05) is 12.1 Å². The molecule has 0 aromatic heterocycles. The van der Waals surface area contributed by atoms with Crippen LogP contribution in [0.2, 0.25) is 0 Å². The summed E-state index contributed by atoms with van der Waals surface area (Å²) in [7, 11) is 3.06. The molecule has 0 bridgehead atoms. The smallest absolute Gasteiger partial charge is 0.244 e. The van der Waals surface area contributed by atoms with Crippen molar-refractivity contribution < 1.29 is 33.4 Å². The van der Waals surface area contributed by atoms with Gasteiger partial charge in [-0.3, -0.25) is 29.3 Å². The lowest BCUT2D eigenvalue weighted by molar-refractivity contribution is -0.137. The molecule has 0 saturated carbocycles. The van der Waals surface area contributed by atoms with Crippen LogP contribution < -0.4 is 25.4 Å².